The second-order valence-electron chi connectivity index (χ2n) is 5.35. The standard InChI is InChI=1S/C16H22N4O2/c1-11-7-17-14(12(2)16(11)22-4)9-18-15(21)6-5-13-8-19-20(3)10-13/h7-8,10H,5-6,9H2,1-4H3,(H,18,21). The molecule has 2 aromatic rings. The molecule has 2 rings (SSSR count). The molecule has 118 valence electrons. The highest BCUT2D eigenvalue weighted by Crippen LogP contribution is 2.23. The van der Waals surface area contributed by atoms with Gasteiger partial charge in [-0.15, -0.1) is 0 Å². The molecule has 6 heteroatoms. The van der Waals surface area contributed by atoms with Gasteiger partial charge in [-0.3, -0.25) is 14.5 Å². The van der Waals surface area contributed by atoms with E-state index in [4.69, 9.17) is 4.74 Å². The molecule has 0 unspecified atom stereocenters. The Bertz CT molecular complexity index is 664. The van der Waals surface area contributed by atoms with Crippen molar-refractivity contribution in [3.63, 3.8) is 0 Å². The predicted molar refractivity (Wildman–Crippen MR) is 83.6 cm³/mol. The molecule has 0 atom stereocenters. The first-order valence-corrected chi connectivity index (χ1v) is 7.24. The molecule has 0 aromatic carbocycles. The second kappa shape index (κ2) is 7.06. The summed E-state index contributed by atoms with van der Waals surface area (Å²) in [6, 6.07) is 0. The third kappa shape index (κ3) is 3.84. The summed E-state index contributed by atoms with van der Waals surface area (Å²) >= 11 is 0. The van der Waals surface area contributed by atoms with Crippen LogP contribution < -0.4 is 10.1 Å². The van der Waals surface area contributed by atoms with Crippen LogP contribution in [0.4, 0.5) is 0 Å². The van der Waals surface area contributed by atoms with Gasteiger partial charge in [0.1, 0.15) is 5.75 Å². The Morgan fingerprint density at radius 3 is 2.77 bits per heavy atom. The predicted octanol–water partition coefficient (Wildman–Crippen LogP) is 1.69. The van der Waals surface area contributed by atoms with Crippen LogP contribution >= 0.6 is 0 Å². The summed E-state index contributed by atoms with van der Waals surface area (Å²) < 4.78 is 7.10. The SMILES string of the molecule is COc1c(C)cnc(CNC(=O)CCc2cnn(C)c2)c1C. The number of carbonyl (C=O) groups excluding carboxylic acids is 1. The number of rotatable bonds is 6. The Morgan fingerprint density at radius 1 is 1.36 bits per heavy atom. The Kier molecular flexibility index (Phi) is 5.14. The van der Waals surface area contributed by atoms with Crippen molar-refractivity contribution in [2.45, 2.75) is 33.2 Å². The lowest BCUT2D eigenvalue weighted by atomic mass is 10.1. The van der Waals surface area contributed by atoms with Crippen LogP contribution in [0, 0.1) is 13.8 Å². The van der Waals surface area contributed by atoms with E-state index in [-0.39, 0.29) is 5.91 Å². The van der Waals surface area contributed by atoms with E-state index in [1.54, 1.807) is 24.2 Å². The highest BCUT2D eigenvalue weighted by molar-refractivity contribution is 5.76. The number of pyridine rings is 1. The largest absolute Gasteiger partial charge is 0.496 e. The number of ether oxygens (including phenoxy) is 1. The minimum absolute atomic E-state index is 0.00425. The third-order valence-corrected chi connectivity index (χ3v) is 3.60. The first kappa shape index (κ1) is 16.0. The molecule has 0 fully saturated rings. The topological polar surface area (TPSA) is 69.0 Å². The average molecular weight is 302 g/mol. The molecule has 0 aliphatic rings. The Balaban J connectivity index is 1.88. The van der Waals surface area contributed by atoms with Gasteiger partial charge in [0, 0.05) is 37.0 Å². The minimum atomic E-state index is 0.00425. The first-order chi connectivity index (χ1) is 10.5. The fraction of sp³-hybridized carbons (Fsp3) is 0.438. The second-order valence-corrected chi connectivity index (χ2v) is 5.35. The number of nitrogens with one attached hydrogen (secondary N) is 1. The maximum atomic E-state index is 11.9. The molecular weight excluding hydrogens is 280 g/mol. The highest BCUT2D eigenvalue weighted by Gasteiger charge is 2.10. The third-order valence-electron chi connectivity index (χ3n) is 3.60. The van der Waals surface area contributed by atoms with Gasteiger partial charge in [-0.25, -0.2) is 0 Å². The van der Waals surface area contributed by atoms with E-state index in [1.807, 2.05) is 27.1 Å². The number of hydrogen-bond acceptors (Lipinski definition) is 4. The number of carbonyl (C=O) groups is 1. The molecule has 0 saturated heterocycles. The number of methoxy groups -OCH3 is 1. The Hall–Kier alpha value is -2.37. The smallest absolute Gasteiger partial charge is 0.220 e. The molecule has 0 saturated carbocycles. The van der Waals surface area contributed by atoms with E-state index >= 15 is 0 Å². The number of aromatic nitrogens is 3. The zero-order valence-electron chi connectivity index (χ0n) is 13.5. The summed E-state index contributed by atoms with van der Waals surface area (Å²) in [6.07, 6.45) is 6.59. The van der Waals surface area contributed by atoms with Crippen molar-refractivity contribution in [2.24, 2.45) is 7.05 Å². The minimum Gasteiger partial charge on any atom is -0.496 e. The molecule has 6 nitrogen and oxygen atoms in total. The van der Waals surface area contributed by atoms with Crippen molar-refractivity contribution in [2.75, 3.05) is 7.11 Å². The van der Waals surface area contributed by atoms with Crippen molar-refractivity contribution in [3.8, 4) is 5.75 Å². The van der Waals surface area contributed by atoms with Gasteiger partial charge in [0.05, 0.1) is 25.5 Å². The summed E-state index contributed by atoms with van der Waals surface area (Å²) in [7, 11) is 3.51. The van der Waals surface area contributed by atoms with Gasteiger partial charge in [-0.1, -0.05) is 0 Å². The van der Waals surface area contributed by atoms with Crippen LogP contribution in [0.3, 0.4) is 0 Å². The van der Waals surface area contributed by atoms with Crippen molar-refractivity contribution in [1.82, 2.24) is 20.1 Å². The molecule has 0 aliphatic heterocycles. The molecule has 0 bridgehead atoms. The van der Waals surface area contributed by atoms with Crippen molar-refractivity contribution >= 4 is 5.91 Å². The van der Waals surface area contributed by atoms with Gasteiger partial charge in [0.15, 0.2) is 0 Å². The van der Waals surface area contributed by atoms with Crippen LogP contribution in [0.1, 0.15) is 28.8 Å². The van der Waals surface area contributed by atoms with Crippen molar-refractivity contribution < 1.29 is 9.53 Å². The fourth-order valence-corrected chi connectivity index (χ4v) is 2.38. The van der Waals surface area contributed by atoms with Crippen molar-refractivity contribution in [1.29, 1.82) is 0 Å². The van der Waals surface area contributed by atoms with Gasteiger partial charge in [-0.2, -0.15) is 5.10 Å². The average Bonchev–Trinajstić information content (AvgIpc) is 2.90. The first-order valence-electron chi connectivity index (χ1n) is 7.24. The zero-order chi connectivity index (χ0) is 16.1. The summed E-state index contributed by atoms with van der Waals surface area (Å²) in [5.41, 5.74) is 3.85. The molecule has 0 aliphatic carbocycles. The Labute approximate surface area is 130 Å². The number of amides is 1. The number of nitrogens with zero attached hydrogens (tertiary/aromatic N) is 3. The fourth-order valence-electron chi connectivity index (χ4n) is 2.38. The van der Waals surface area contributed by atoms with Crippen LogP contribution in [0.5, 0.6) is 5.75 Å². The van der Waals surface area contributed by atoms with Crippen molar-refractivity contribution in [3.05, 3.63) is 41.0 Å². The molecule has 22 heavy (non-hydrogen) atoms. The van der Waals surface area contributed by atoms with E-state index in [0.717, 1.165) is 28.1 Å². The Morgan fingerprint density at radius 2 is 2.14 bits per heavy atom. The quantitative estimate of drug-likeness (QED) is 0.881. The molecule has 1 N–H and O–H groups in total. The van der Waals surface area contributed by atoms with Crippen LogP contribution in [-0.2, 0) is 24.8 Å². The van der Waals surface area contributed by atoms with E-state index < -0.39 is 0 Å². The van der Waals surface area contributed by atoms with Crippen LogP contribution in [0.25, 0.3) is 0 Å². The number of aryl methyl sites for hydroxylation is 3. The summed E-state index contributed by atoms with van der Waals surface area (Å²) in [6.45, 7) is 4.32. The molecule has 2 aromatic heterocycles. The molecular formula is C16H22N4O2. The molecule has 0 radical (unpaired) electrons. The van der Waals surface area contributed by atoms with E-state index in [0.29, 0.717) is 19.4 Å². The highest BCUT2D eigenvalue weighted by atomic mass is 16.5. The summed E-state index contributed by atoms with van der Waals surface area (Å²) in [4.78, 5) is 16.3. The van der Waals surface area contributed by atoms with E-state index in [1.165, 1.54) is 0 Å². The van der Waals surface area contributed by atoms with Crippen LogP contribution in [0.2, 0.25) is 0 Å². The van der Waals surface area contributed by atoms with Crippen LogP contribution in [0.15, 0.2) is 18.6 Å². The van der Waals surface area contributed by atoms with Gasteiger partial charge < -0.3 is 10.1 Å². The molecule has 2 heterocycles. The maximum Gasteiger partial charge on any atom is 0.220 e. The lowest BCUT2D eigenvalue weighted by molar-refractivity contribution is -0.121. The number of hydrogen-bond donors (Lipinski definition) is 1. The van der Waals surface area contributed by atoms with Gasteiger partial charge in [-0.05, 0) is 25.8 Å². The zero-order valence-corrected chi connectivity index (χ0v) is 13.5. The van der Waals surface area contributed by atoms with Crippen LogP contribution in [-0.4, -0.2) is 27.8 Å². The van der Waals surface area contributed by atoms with Gasteiger partial charge >= 0.3 is 0 Å². The lowest BCUT2D eigenvalue weighted by Crippen LogP contribution is -2.24. The molecule has 1 amide bonds. The lowest BCUT2D eigenvalue weighted by Gasteiger charge is -2.12. The van der Waals surface area contributed by atoms with Gasteiger partial charge in [0.2, 0.25) is 5.91 Å². The van der Waals surface area contributed by atoms with E-state index in [2.05, 4.69) is 15.4 Å². The monoisotopic (exact) mass is 302 g/mol. The van der Waals surface area contributed by atoms with E-state index in [9.17, 15) is 4.79 Å². The molecule has 0 spiro atoms. The normalized spacial score (nSPS) is 10.5. The van der Waals surface area contributed by atoms with Gasteiger partial charge in [0.25, 0.3) is 0 Å². The summed E-state index contributed by atoms with van der Waals surface area (Å²) in [5, 5.41) is 6.99. The summed E-state index contributed by atoms with van der Waals surface area (Å²) in [5.74, 6) is 0.833. The maximum absolute atomic E-state index is 11.9.